The number of rotatable bonds is 12. The Morgan fingerprint density at radius 1 is 1.07 bits per heavy atom. The third kappa shape index (κ3) is 8.21. The van der Waals surface area contributed by atoms with E-state index in [4.69, 9.17) is 4.74 Å². The van der Waals surface area contributed by atoms with Gasteiger partial charge in [-0.15, -0.1) is 6.58 Å². The number of nitrogens with one attached hydrogen (secondary N) is 1. The maximum Gasteiger partial charge on any atom is 0.305 e. The number of carbonyl (C=O) groups is 2. The molecule has 1 amide bonds. The fourth-order valence-corrected chi connectivity index (χ4v) is 6.36. The average Bonchev–Trinajstić information content (AvgIpc) is 2.98. The van der Waals surface area contributed by atoms with Crippen LogP contribution in [-0.2, 0) is 9.53 Å². The second kappa shape index (κ2) is 15.3. The van der Waals surface area contributed by atoms with Crippen LogP contribution in [0.15, 0.2) is 61.2 Å². The topological polar surface area (TPSA) is 85.4 Å². The van der Waals surface area contributed by atoms with Gasteiger partial charge in [0.2, 0.25) is 0 Å². The van der Waals surface area contributed by atoms with Crippen LogP contribution >= 0.6 is 0 Å². The van der Waals surface area contributed by atoms with Crippen LogP contribution in [0.25, 0.3) is 0 Å². The smallest absolute Gasteiger partial charge is 0.305 e. The average molecular weight is 577 g/mol. The zero-order valence-electron chi connectivity index (χ0n) is 25.5. The summed E-state index contributed by atoms with van der Waals surface area (Å²) in [7, 11) is 0. The molecular weight excluding hydrogens is 528 g/mol. The minimum Gasteiger partial charge on any atom is -0.508 e. The summed E-state index contributed by atoms with van der Waals surface area (Å²) in [5.74, 6) is 0.157. The summed E-state index contributed by atoms with van der Waals surface area (Å²) in [6, 6.07) is 16.4. The van der Waals surface area contributed by atoms with E-state index in [0.29, 0.717) is 43.8 Å². The van der Waals surface area contributed by atoms with Gasteiger partial charge in [0, 0.05) is 62.8 Å². The number of phenolic OH excluding ortho intramolecular Hbond substituents is 1. The second-order valence-corrected chi connectivity index (χ2v) is 11.7. The van der Waals surface area contributed by atoms with Crippen LogP contribution in [0.1, 0.15) is 74.0 Å². The van der Waals surface area contributed by atoms with Crippen LogP contribution < -0.4 is 5.32 Å². The SMILES string of the molecule is C=CCN1C[C@H](C)N(C(c2cccc(O)c2)c2cccc(C(=O)N3CCC(NCCCC(=O)OCC)CC3)c2)C[C@H]1C. The maximum atomic E-state index is 13.7. The van der Waals surface area contributed by atoms with Gasteiger partial charge < -0.3 is 20.1 Å². The first-order valence-electron chi connectivity index (χ1n) is 15.5. The molecule has 2 aromatic carbocycles. The van der Waals surface area contributed by atoms with Crippen molar-refractivity contribution in [2.24, 2.45) is 0 Å². The predicted molar refractivity (Wildman–Crippen MR) is 167 cm³/mol. The van der Waals surface area contributed by atoms with Gasteiger partial charge in [0.05, 0.1) is 12.6 Å². The van der Waals surface area contributed by atoms with E-state index < -0.39 is 0 Å². The molecule has 0 spiro atoms. The van der Waals surface area contributed by atoms with Gasteiger partial charge in [0.25, 0.3) is 5.91 Å². The molecule has 2 aliphatic rings. The van der Waals surface area contributed by atoms with Gasteiger partial charge in [-0.05, 0) is 82.0 Å². The molecule has 2 heterocycles. The molecule has 0 aliphatic carbocycles. The molecule has 2 saturated heterocycles. The lowest BCUT2D eigenvalue weighted by atomic mass is 9.92. The Balaban J connectivity index is 1.44. The molecule has 4 rings (SSSR count). The number of likely N-dealkylation sites (tertiary alicyclic amines) is 1. The van der Waals surface area contributed by atoms with Crippen LogP contribution in [0.2, 0.25) is 0 Å². The fourth-order valence-electron chi connectivity index (χ4n) is 6.36. The third-order valence-electron chi connectivity index (χ3n) is 8.57. The fraction of sp³-hybridized carbons (Fsp3) is 0.529. The summed E-state index contributed by atoms with van der Waals surface area (Å²) in [6.45, 7) is 15.5. The molecule has 0 bridgehead atoms. The maximum absolute atomic E-state index is 13.7. The quantitative estimate of drug-likeness (QED) is 0.217. The number of hydrogen-bond acceptors (Lipinski definition) is 7. The third-order valence-corrected chi connectivity index (χ3v) is 8.57. The lowest BCUT2D eigenvalue weighted by molar-refractivity contribution is -0.143. The van der Waals surface area contributed by atoms with Crippen LogP contribution in [0.4, 0.5) is 0 Å². The van der Waals surface area contributed by atoms with Crippen molar-refractivity contribution < 1.29 is 19.4 Å². The number of hydrogen-bond donors (Lipinski definition) is 2. The monoisotopic (exact) mass is 576 g/mol. The van der Waals surface area contributed by atoms with Crippen molar-refractivity contribution >= 4 is 11.9 Å². The minimum absolute atomic E-state index is 0.0597. The molecule has 0 aromatic heterocycles. The van der Waals surface area contributed by atoms with Crippen LogP contribution in [0, 0.1) is 0 Å². The number of esters is 1. The standard InChI is InChI=1S/C34H48N4O4/c1-5-18-37-23-26(4)38(24-25(37)3)33(28-11-8-13-31(39)22-28)27-10-7-12-29(21-27)34(41)36-19-15-30(16-20-36)35-17-9-14-32(40)42-6-2/h5,7-8,10-13,21-22,25-26,30,33,35,39H,1,6,9,14-20,23-24H2,2-4H3/t25-,26+,33?/m1/s1. The zero-order valence-corrected chi connectivity index (χ0v) is 25.5. The van der Waals surface area contributed by atoms with Gasteiger partial charge in [-0.25, -0.2) is 0 Å². The van der Waals surface area contributed by atoms with E-state index in [2.05, 4.69) is 47.7 Å². The highest BCUT2D eigenvalue weighted by atomic mass is 16.5. The van der Waals surface area contributed by atoms with Crippen LogP contribution in [0.3, 0.4) is 0 Å². The van der Waals surface area contributed by atoms with E-state index >= 15 is 0 Å². The number of carbonyl (C=O) groups excluding carboxylic acids is 2. The molecule has 0 radical (unpaired) electrons. The summed E-state index contributed by atoms with van der Waals surface area (Å²) in [5, 5.41) is 13.9. The van der Waals surface area contributed by atoms with Crippen molar-refractivity contribution in [2.45, 2.75) is 70.6 Å². The largest absolute Gasteiger partial charge is 0.508 e. The Morgan fingerprint density at radius 2 is 1.79 bits per heavy atom. The summed E-state index contributed by atoms with van der Waals surface area (Å²) in [6.07, 6.45) is 4.93. The van der Waals surface area contributed by atoms with Crippen LogP contribution in [-0.4, -0.2) is 95.7 Å². The Morgan fingerprint density at radius 3 is 2.48 bits per heavy atom. The zero-order chi connectivity index (χ0) is 30.1. The minimum atomic E-state index is -0.146. The van der Waals surface area contributed by atoms with Gasteiger partial charge in [-0.2, -0.15) is 0 Å². The lowest BCUT2D eigenvalue weighted by Crippen LogP contribution is -2.57. The highest BCUT2D eigenvalue weighted by molar-refractivity contribution is 5.94. The van der Waals surface area contributed by atoms with E-state index in [1.54, 1.807) is 6.07 Å². The predicted octanol–water partition coefficient (Wildman–Crippen LogP) is 4.60. The van der Waals surface area contributed by atoms with Gasteiger partial charge >= 0.3 is 5.97 Å². The Kier molecular flexibility index (Phi) is 11.6. The molecule has 2 aliphatic heterocycles. The number of amides is 1. The first kappa shape index (κ1) is 31.7. The summed E-state index contributed by atoms with van der Waals surface area (Å²) >= 11 is 0. The highest BCUT2D eigenvalue weighted by Crippen LogP contribution is 2.35. The van der Waals surface area contributed by atoms with E-state index in [-0.39, 0.29) is 29.7 Å². The molecule has 228 valence electrons. The molecule has 8 heteroatoms. The normalized spacial score (nSPS) is 21.2. The molecule has 2 N–H and O–H groups in total. The van der Waals surface area contributed by atoms with Gasteiger partial charge in [0.1, 0.15) is 5.75 Å². The molecule has 3 atom stereocenters. The number of ether oxygens (including phenoxy) is 1. The Bertz CT molecular complexity index is 1200. The number of phenols is 1. The second-order valence-electron chi connectivity index (χ2n) is 11.7. The highest BCUT2D eigenvalue weighted by Gasteiger charge is 2.35. The van der Waals surface area contributed by atoms with E-state index in [0.717, 1.165) is 56.6 Å². The molecule has 42 heavy (non-hydrogen) atoms. The number of piperidine rings is 1. The molecule has 2 aromatic rings. The van der Waals surface area contributed by atoms with Crippen molar-refractivity contribution in [3.8, 4) is 5.75 Å². The molecule has 8 nitrogen and oxygen atoms in total. The van der Waals surface area contributed by atoms with Crippen molar-refractivity contribution in [3.05, 3.63) is 77.9 Å². The number of piperazine rings is 1. The van der Waals surface area contributed by atoms with Crippen molar-refractivity contribution in [1.82, 2.24) is 20.0 Å². The summed E-state index contributed by atoms with van der Waals surface area (Å²) in [5.41, 5.74) is 2.77. The van der Waals surface area contributed by atoms with Crippen molar-refractivity contribution in [2.75, 3.05) is 45.9 Å². The van der Waals surface area contributed by atoms with Gasteiger partial charge in [0.15, 0.2) is 0 Å². The molecule has 1 unspecified atom stereocenters. The Labute approximate surface area is 251 Å². The number of nitrogens with zero attached hydrogens (tertiary/aromatic N) is 3. The van der Waals surface area contributed by atoms with Gasteiger partial charge in [-0.3, -0.25) is 19.4 Å². The van der Waals surface area contributed by atoms with E-state index in [9.17, 15) is 14.7 Å². The summed E-state index contributed by atoms with van der Waals surface area (Å²) in [4.78, 5) is 32.1. The lowest BCUT2D eigenvalue weighted by Gasteiger charge is -2.47. The molecule has 2 fully saturated rings. The van der Waals surface area contributed by atoms with E-state index in [1.165, 1.54) is 0 Å². The molecular formula is C34H48N4O4. The number of benzene rings is 2. The van der Waals surface area contributed by atoms with Crippen LogP contribution in [0.5, 0.6) is 5.75 Å². The van der Waals surface area contributed by atoms with E-state index in [1.807, 2.05) is 48.2 Å². The van der Waals surface area contributed by atoms with Crippen molar-refractivity contribution in [1.29, 1.82) is 0 Å². The van der Waals surface area contributed by atoms with Crippen molar-refractivity contribution in [3.63, 3.8) is 0 Å². The first-order chi connectivity index (χ1) is 20.3. The Hall–Kier alpha value is -3.20. The summed E-state index contributed by atoms with van der Waals surface area (Å²) < 4.78 is 5.00. The van der Waals surface area contributed by atoms with Gasteiger partial charge in [-0.1, -0.05) is 30.3 Å². The number of aromatic hydroxyl groups is 1. The first-order valence-corrected chi connectivity index (χ1v) is 15.5. The molecule has 0 saturated carbocycles.